The van der Waals surface area contributed by atoms with Crippen LogP contribution >= 0.6 is 11.6 Å². The summed E-state index contributed by atoms with van der Waals surface area (Å²) in [5.41, 5.74) is 0. The van der Waals surface area contributed by atoms with Crippen LogP contribution in [0.4, 0.5) is 13.2 Å². The van der Waals surface area contributed by atoms with Crippen molar-refractivity contribution in [2.75, 3.05) is 12.4 Å². The van der Waals surface area contributed by atoms with Crippen molar-refractivity contribution in [2.45, 2.75) is 38.9 Å². The number of carbonyl (C=O) groups is 2. The fraction of sp³-hybridized carbons (Fsp3) is 0.800. The van der Waals surface area contributed by atoms with Gasteiger partial charge in [0.15, 0.2) is 0 Å². The van der Waals surface area contributed by atoms with Crippen LogP contribution in [0.3, 0.4) is 0 Å². The minimum atomic E-state index is -4.87. The zero-order valence-electron chi connectivity index (χ0n) is 9.68. The number of amides is 1. The molecule has 0 rings (SSSR count). The van der Waals surface area contributed by atoms with Gasteiger partial charge in [-0.25, -0.2) is 0 Å². The number of carbonyl (C=O) groups excluding carboxylic acids is 2. The van der Waals surface area contributed by atoms with Crippen molar-refractivity contribution in [3.05, 3.63) is 0 Å². The first-order chi connectivity index (χ1) is 7.70. The van der Waals surface area contributed by atoms with Crippen molar-refractivity contribution < 1.29 is 22.8 Å². The fourth-order valence-electron chi connectivity index (χ4n) is 1.27. The van der Waals surface area contributed by atoms with E-state index in [0.29, 0.717) is 4.90 Å². The molecule has 0 N–H and O–H groups in total. The zero-order chi connectivity index (χ0) is 13.6. The van der Waals surface area contributed by atoms with Crippen LogP contribution in [0.2, 0.25) is 0 Å². The second-order valence-corrected chi connectivity index (χ2v) is 4.13. The monoisotopic (exact) mass is 273 g/mol. The smallest absolute Gasteiger partial charge is 0.332 e. The van der Waals surface area contributed by atoms with Crippen LogP contribution in [0.1, 0.15) is 26.7 Å². The Morgan fingerprint density at radius 2 is 1.82 bits per heavy atom. The average molecular weight is 274 g/mol. The molecule has 100 valence electrons. The highest BCUT2D eigenvalue weighted by Crippen LogP contribution is 2.20. The van der Waals surface area contributed by atoms with E-state index >= 15 is 0 Å². The van der Waals surface area contributed by atoms with E-state index in [9.17, 15) is 22.8 Å². The molecule has 0 aliphatic heterocycles. The first-order valence-corrected chi connectivity index (χ1v) is 5.69. The normalized spacial score (nSPS) is 11.7. The van der Waals surface area contributed by atoms with E-state index in [1.165, 1.54) is 13.8 Å². The number of ketones is 1. The van der Waals surface area contributed by atoms with Crippen LogP contribution in [-0.4, -0.2) is 41.2 Å². The van der Waals surface area contributed by atoms with Gasteiger partial charge < -0.3 is 4.90 Å². The van der Waals surface area contributed by atoms with Gasteiger partial charge >= 0.3 is 12.1 Å². The summed E-state index contributed by atoms with van der Waals surface area (Å²) < 4.78 is 36.7. The van der Waals surface area contributed by atoms with Crippen molar-refractivity contribution in [2.24, 2.45) is 0 Å². The van der Waals surface area contributed by atoms with Gasteiger partial charge in [0.25, 0.3) is 0 Å². The number of alkyl halides is 4. The van der Waals surface area contributed by atoms with Crippen molar-refractivity contribution in [3.63, 3.8) is 0 Å². The van der Waals surface area contributed by atoms with Crippen molar-refractivity contribution in [1.29, 1.82) is 0 Å². The Hall–Kier alpha value is -0.780. The molecule has 7 heteroatoms. The van der Waals surface area contributed by atoms with E-state index in [1.807, 2.05) is 0 Å². The van der Waals surface area contributed by atoms with Crippen LogP contribution in [0, 0.1) is 0 Å². The molecule has 17 heavy (non-hydrogen) atoms. The number of halogens is 4. The SMILES string of the molecule is CC(C)N(CCCC(=O)CCl)C(=O)C(F)(F)F. The molecule has 0 fully saturated rings. The van der Waals surface area contributed by atoms with Gasteiger partial charge in [0.05, 0.1) is 5.88 Å². The van der Waals surface area contributed by atoms with E-state index < -0.39 is 18.1 Å². The molecule has 0 bridgehead atoms. The van der Waals surface area contributed by atoms with E-state index in [1.54, 1.807) is 0 Å². The highest BCUT2D eigenvalue weighted by atomic mass is 35.5. The lowest BCUT2D eigenvalue weighted by molar-refractivity contribution is -0.187. The van der Waals surface area contributed by atoms with E-state index in [0.717, 1.165) is 0 Å². The van der Waals surface area contributed by atoms with E-state index in [2.05, 4.69) is 0 Å². The standard InChI is InChI=1S/C10H15ClF3NO2/c1-7(2)15(9(17)10(12,13)14)5-3-4-8(16)6-11/h7H,3-6H2,1-2H3. The highest BCUT2D eigenvalue weighted by Gasteiger charge is 2.42. The molecule has 0 spiro atoms. The summed E-state index contributed by atoms with van der Waals surface area (Å²) in [5.74, 6) is -2.27. The van der Waals surface area contributed by atoms with Gasteiger partial charge in [-0.2, -0.15) is 13.2 Å². The quantitative estimate of drug-likeness (QED) is 0.697. The van der Waals surface area contributed by atoms with Gasteiger partial charge in [0.2, 0.25) is 0 Å². The van der Waals surface area contributed by atoms with Crippen LogP contribution < -0.4 is 0 Å². The summed E-state index contributed by atoms with van der Waals surface area (Å²) in [6.45, 7) is 2.89. The first-order valence-electron chi connectivity index (χ1n) is 5.15. The van der Waals surface area contributed by atoms with Crippen molar-refractivity contribution in [3.8, 4) is 0 Å². The summed E-state index contributed by atoms with van der Waals surface area (Å²) in [4.78, 5) is 22.6. The lowest BCUT2D eigenvalue weighted by atomic mass is 10.2. The molecule has 0 aliphatic carbocycles. The summed E-state index contributed by atoms with van der Waals surface area (Å²) in [6, 6.07) is -0.560. The summed E-state index contributed by atoms with van der Waals surface area (Å²) in [6.07, 6.45) is -4.61. The maximum atomic E-state index is 12.2. The zero-order valence-corrected chi connectivity index (χ0v) is 10.4. The average Bonchev–Trinajstić information content (AvgIpc) is 2.21. The maximum absolute atomic E-state index is 12.2. The number of rotatable bonds is 6. The van der Waals surface area contributed by atoms with Crippen molar-refractivity contribution >= 4 is 23.3 Å². The topological polar surface area (TPSA) is 37.4 Å². The van der Waals surface area contributed by atoms with E-state index in [4.69, 9.17) is 11.6 Å². The number of nitrogens with zero attached hydrogens (tertiary/aromatic N) is 1. The van der Waals surface area contributed by atoms with Crippen LogP contribution in [0.25, 0.3) is 0 Å². The second-order valence-electron chi connectivity index (χ2n) is 3.87. The second kappa shape index (κ2) is 6.83. The largest absolute Gasteiger partial charge is 0.471 e. The van der Waals surface area contributed by atoms with Gasteiger partial charge in [-0.1, -0.05) is 0 Å². The molecule has 0 aromatic heterocycles. The summed E-state index contributed by atoms with van der Waals surface area (Å²) in [5, 5.41) is 0. The fourth-order valence-corrected chi connectivity index (χ4v) is 1.40. The number of hydrogen-bond donors (Lipinski definition) is 0. The molecular formula is C10H15ClF3NO2. The lowest BCUT2D eigenvalue weighted by Gasteiger charge is -2.27. The molecule has 0 aromatic carbocycles. The molecule has 0 radical (unpaired) electrons. The van der Waals surface area contributed by atoms with Crippen molar-refractivity contribution in [1.82, 2.24) is 4.90 Å². The maximum Gasteiger partial charge on any atom is 0.471 e. The van der Waals surface area contributed by atoms with Gasteiger partial charge in [0.1, 0.15) is 5.78 Å². The molecule has 0 aromatic rings. The van der Waals surface area contributed by atoms with Crippen LogP contribution in [0.5, 0.6) is 0 Å². The minimum absolute atomic E-state index is 0.0812. The third-order valence-corrected chi connectivity index (χ3v) is 2.43. The Bertz CT molecular complexity index is 279. The molecule has 0 atom stereocenters. The molecule has 0 saturated heterocycles. The van der Waals surface area contributed by atoms with Gasteiger partial charge in [0, 0.05) is 19.0 Å². The summed E-state index contributed by atoms with van der Waals surface area (Å²) >= 11 is 5.25. The molecule has 3 nitrogen and oxygen atoms in total. The Morgan fingerprint density at radius 1 is 1.29 bits per heavy atom. The third-order valence-electron chi connectivity index (χ3n) is 2.13. The lowest BCUT2D eigenvalue weighted by Crippen LogP contribution is -2.45. The van der Waals surface area contributed by atoms with E-state index in [-0.39, 0.29) is 31.0 Å². The van der Waals surface area contributed by atoms with Crippen LogP contribution in [-0.2, 0) is 9.59 Å². The minimum Gasteiger partial charge on any atom is -0.332 e. The first kappa shape index (κ1) is 16.2. The number of hydrogen-bond acceptors (Lipinski definition) is 2. The van der Waals surface area contributed by atoms with Crippen LogP contribution in [0.15, 0.2) is 0 Å². The Balaban J connectivity index is 4.36. The Labute approximate surface area is 103 Å². The molecule has 0 unspecified atom stereocenters. The van der Waals surface area contributed by atoms with Gasteiger partial charge in [-0.15, -0.1) is 11.6 Å². The van der Waals surface area contributed by atoms with Gasteiger partial charge in [-0.05, 0) is 20.3 Å². The third kappa shape index (κ3) is 5.91. The predicted molar refractivity (Wildman–Crippen MR) is 57.9 cm³/mol. The Kier molecular flexibility index (Phi) is 6.52. The van der Waals surface area contributed by atoms with Gasteiger partial charge in [-0.3, -0.25) is 9.59 Å². The molecular weight excluding hydrogens is 259 g/mol. The highest BCUT2D eigenvalue weighted by molar-refractivity contribution is 6.27. The molecule has 0 saturated carbocycles. The predicted octanol–water partition coefficient (Wildman–Crippen LogP) is 2.37. The number of Topliss-reactive ketones (excluding diaryl/α,β-unsaturated/α-hetero) is 1. The Morgan fingerprint density at radius 3 is 2.18 bits per heavy atom. The molecule has 0 heterocycles. The summed E-state index contributed by atoms with van der Waals surface area (Å²) in [7, 11) is 0. The molecule has 0 aliphatic rings. The molecule has 1 amide bonds.